The van der Waals surface area contributed by atoms with Crippen molar-refractivity contribution in [1.82, 2.24) is 0 Å². The third-order valence-corrected chi connectivity index (χ3v) is 8.94. The van der Waals surface area contributed by atoms with Crippen LogP contribution in [-0.2, 0) is 11.8 Å². The van der Waals surface area contributed by atoms with E-state index in [1.807, 2.05) is 24.3 Å². The van der Waals surface area contributed by atoms with Gasteiger partial charge in [-0.1, -0.05) is 91.9 Å². The molecule has 0 aliphatic carbocycles. The molecular weight excluding hydrogens is 500 g/mol. The molecule has 0 spiro atoms. The second kappa shape index (κ2) is 11.7. The summed E-state index contributed by atoms with van der Waals surface area (Å²) in [6.45, 7) is 11.0. The van der Waals surface area contributed by atoms with Crippen LogP contribution < -0.4 is 0 Å². The summed E-state index contributed by atoms with van der Waals surface area (Å²) in [5.41, 5.74) is 12.4. The highest BCUT2D eigenvalue weighted by Gasteiger charge is 2.29. The van der Waals surface area contributed by atoms with Crippen LogP contribution in [0.1, 0.15) is 74.9 Å². The number of rotatable bonds is 8. The third kappa shape index (κ3) is 6.07. The first-order chi connectivity index (χ1) is 19.6. The van der Waals surface area contributed by atoms with Crippen molar-refractivity contribution in [3.63, 3.8) is 0 Å². The monoisotopic (exact) mass is 540 g/mol. The highest BCUT2D eigenvalue weighted by atomic mass is 16.3. The van der Waals surface area contributed by atoms with Gasteiger partial charge in [-0.2, -0.15) is 0 Å². The standard InChI is InChI=1S/C39H40O2/c1-26-9-11-32(23-28(26)3)38(33-12-10-27(2)29(4)24-33)31-8-6-7-30(25-31)21-22-39(5,34-13-17-36(40)18-14-34)35-15-19-37(41)20-16-35/h6-20,23-25,38,40-41H,21-22H2,1-5H3. The van der Waals surface area contributed by atoms with Crippen LogP contribution in [0.25, 0.3) is 0 Å². The number of hydrogen-bond acceptors (Lipinski definition) is 2. The van der Waals surface area contributed by atoms with Crippen molar-refractivity contribution in [2.45, 2.75) is 58.8 Å². The summed E-state index contributed by atoms with van der Waals surface area (Å²) in [5, 5.41) is 19.9. The lowest BCUT2D eigenvalue weighted by Gasteiger charge is -2.31. The van der Waals surface area contributed by atoms with Gasteiger partial charge in [-0.15, -0.1) is 0 Å². The van der Waals surface area contributed by atoms with Gasteiger partial charge in [-0.25, -0.2) is 0 Å². The van der Waals surface area contributed by atoms with E-state index < -0.39 is 0 Å². The van der Waals surface area contributed by atoms with Crippen molar-refractivity contribution < 1.29 is 10.2 Å². The fraction of sp³-hybridized carbons (Fsp3) is 0.231. The van der Waals surface area contributed by atoms with E-state index in [9.17, 15) is 10.2 Å². The Morgan fingerprint density at radius 3 is 1.46 bits per heavy atom. The highest BCUT2D eigenvalue weighted by Crippen LogP contribution is 2.39. The Morgan fingerprint density at radius 1 is 0.537 bits per heavy atom. The second-order valence-electron chi connectivity index (χ2n) is 11.8. The quantitative estimate of drug-likeness (QED) is 0.192. The van der Waals surface area contributed by atoms with Crippen molar-refractivity contribution in [3.05, 3.63) is 165 Å². The molecule has 0 aliphatic heterocycles. The summed E-state index contributed by atoms with van der Waals surface area (Å²) < 4.78 is 0. The van der Waals surface area contributed by atoms with Crippen LogP contribution in [0, 0.1) is 27.7 Å². The molecular formula is C39H40O2. The molecule has 0 saturated carbocycles. The van der Waals surface area contributed by atoms with E-state index >= 15 is 0 Å². The number of phenolic OH excluding ortho intramolecular Hbond substituents is 2. The molecule has 0 unspecified atom stereocenters. The predicted molar refractivity (Wildman–Crippen MR) is 170 cm³/mol. The molecule has 0 bridgehead atoms. The van der Waals surface area contributed by atoms with Gasteiger partial charge in [0.15, 0.2) is 0 Å². The molecule has 2 N–H and O–H groups in total. The van der Waals surface area contributed by atoms with Gasteiger partial charge in [0.2, 0.25) is 0 Å². The maximum atomic E-state index is 9.94. The average molecular weight is 541 g/mol. The number of aryl methyl sites for hydroxylation is 5. The molecule has 0 radical (unpaired) electrons. The molecule has 41 heavy (non-hydrogen) atoms. The van der Waals surface area contributed by atoms with Crippen LogP contribution in [-0.4, -0.2) is 10.2 Å². The largest absolute Gasteiger partial charge is 0.508 e. The van der Waals surface area contributed by atoms with Crippen LogP contribution in [0.2, 0.25) is 0 Å². The number of hydrogen-bond donors (Lipinski definition) is 2. The third-order valence-electron chi connectivity index (χ3n) is 8.94. The van der Waals surface area contributed by atoms with Gasteiger partial charge < -0.3 is 10.2 Å². The van der Waals surface area contributed by atoms with Crippen molar-refractivity contribution in [1.29, 1.82) is 0 Å². The molecule has 5 aromatic rings. The topological polar surface area (TPSA) is 40.5 Å². The van der Waals surface area contributed by atoms with Crippen molar-refractivity contribution in [2.24, 2.45) is 0 Å². The summed E-state index contributed by atoms with van der Waals surface area (Å²) in [7, 11) is 0. The van der Waals surface area contributed by atoms with Gasteiger partial charge in [0.25, 0.3) is 0 Å². The zero-order valence-corrected chi connectivity index (χ0v) is 24.8. The van der Waals surface area contributed by atoms with Gasteiger partial charge in [-0.05, 0) is 120 Å². The lowest BCUT2D eigenvalue weighted by atomic mass is 9.72. The molecule has 0 heterocycles. The predicted octanol–water partition coefficient (Wildman–Crippen LogP) is 9.45. The molecule has 2 nitrogen and oxygen atoms in total. The lowest BCUT2D eigenvalue weighted by Crippen LogP contribution is -2.24. The van der Waals surface area contributed by atoms with Crippen molar-refractivity contribution in [3.8, 4) is 11.5 Å². The fourth-order valence-corrected chi connectivity index (χ4v) is 5.90. The zero-order valence-electron chi connectivity index (χ0n) is 24.8. The van der Waals surface area contributed by atoms with Crippen LogP contribution in [0.15, 0.2) is 109 Å². The smallest absolute Gasteiger partial charge is 0.115 e. The van der Waals surface area contributed by atoms with E-state index in [2.05, 4.69) is 95.3 Å². The summed E-state index contributed by atoms with van der Waals surface area (Å²) in [6.07, 6.45) is 1.77. The zero-order chi connectivity index (χ0) is 29.1. The summed E-state index contributed by atoms with van der Waals surface area (Å²) >= 11 is 0. The summed E-state index contributed by atoms with van der Waals surface area (Å²) in [4.78, 5) is 0. The Bertz CT molecular complexity index is 1550. The lowest BCUT2D eigenvalue weighted by molar-refractivity contribution is 0.470. The molecule has 0 aliphatic rings. The van der Waals surface area contributed by atoms with Gasteiger partial charge in [0, 0.05) is 11.3 Å². The number of benzene rings is 5. The Balaban J connectivity index is 1.52. The normalized spacial score (nSPS) is 11.7. The molecule has 0 fully saturated rings. The van der Waals surface area contributed by atoms with E-state index in [-0.39, 0.29) is 22.8 Å². The van der Waals surface area contributed by atoms with E-state index in [1.54, 1.807) is 24.3 Å². The minimum Gasteiger partial charge on any atom is -0.508 e. The molecule has 0 saturated heterocycles. The maximum Gasteiger partial charge on any atom is 0.115 e. The molecule has 0 amide bonds. The van der Waals surface area contributed by atoms with Crippen molar-refractivity contribution in [2.75, 3.05) is 0 Å². The van der Waals surface area contributed by atoms with Gasteiger partial charge in [0.1, 0.15) is 11.5 Å². The van der Waals surface area contributed by atoms with Gasteiger partial charge in [0.05, 0.1) is 0 Å². The summed E-state index contributed by atoms with van der Waals surface area (Å²) in [6, 6.07) is 37.8. The molecule has 5 aromatic carbocycles. The second-order valence-corrected chi connectivity index (χ2v) is 11.8. The van der Waals surface area contributed by atoms with Crippen LogP contribution in [0.5, 0.6) is 11.5 Å². The van der Waals surface area contributed by atoms with E-state index in [4.69, 9.17) is 0 Å². The van der Waals surface area contributed by atoms with Crippen LogP contribution in [0.4, 0.5) is 0 Å². The Morgan fingerprint density at radius 2 is 1.00 bits per heavy atom. The molecule has 5 rings (SSSR count). The first-order valence-corrected chi connectivity index (χ1v) is 14.5. The Labute approximate surface area is 245 Å². The van der Waals surface area contributed by atoms with Crippen molar-refractivity contribution >= 4 is 0 Å². The fourth-order valence-electron chi connectivity index (χ4n) is 5.90. The molecule has 0 aromatic heterocycles. The molecule has 208 valence electrons. The van der Waals surface area contributed by atoms with Gasteiger partial charge in [-0.3, -0.25) is 0 Å². The van der Waals surface area contributed by atoms with Gasteiger partial charge >= 0.3 is 0 Å². The Hall–Kier alpha value is -4.30. The van der Waals surface area contributed by atoms with E-state index in [1.165, 1.54) is 44.5 Å². The number of phenols is 2. The highest BCUT2D eigenvalue weighted by molar-refractivity contribution is 5.48. The van der Waals surface area contributed by atoms with E-state index in [0.717, 1.165) is 24.0 Å². The Kier molecular flexibility index (Phi) is 8.03. The molecule has 2 heteroatoms. The minimum absolute atomic E-state index is 0.147. The SMILES string of the molecule is Cc1ccc(C(c2cccc(CCC(C)(c3ccc(O)cc3)c3ccc(O)cc3)c2)c2ccc(C)c(C)c2)cc1C. The van der Waals surface area contributed by atoms with Crippen LogP contribution in [0.3, 0.4) is 0 Å². The maximum absolute atomic E-state index is 9.94. The molecule has 0 atom stereocenters. The average Bonchev–Trinajstić information content (AvgIpc) is 2.96. The van der Waals surface area contributed by atoms with Crippen LogP contribution >= 0.6 is 0 Å². The summed E-state index contributed by atoms with van der Waals surface area (Å²) in [5.74, 6) is 0.672. The van der Waals surface area contributed by atoms with E-state index in [0.29, 0.717) is 0 Å². The minimum atomic E-state index is -0.293. The first-order valence-electron chi connectivity index (χ1n) is 14.5. The number of aromatic hydroxyl groups is 2. The first kappa shape index (κ1) is 28.2.